The van der Waals surface area contributed by atoms with Gasteiger partial charge in [-0.1, -0.05) is 12.2 Å². The van der Waals surface area contributed by atoms with Gasteiger partial charge < -0.3 is 46.8 Å². The van der Waals surface area contributed by atoms with Gasteiger partial charge in [0.05, 0.1) is 32.7 Å². The number of carbonyl (C=O) groups is 4. The van der Waals surface area contributed by atoms with Gasteiger partial charge in [-0.15, -0.1) is 0 Å². The molecule has 0 heterocycles. The molecule has 0 rings (SSSR count). The number of aliphatic hydroxyl groups is 1. The van der Waals surface area contributed by atoms with Crippen molar-refractivity contribution in [2.75, 3.05) is 65.6 Å². The SMILES string of the molecule is CP(=O)(O)C(O)(CN)P(=O)(O)O.NCC(=S)CNC(=O)CN(CCN(CC(=O)O)CC(=O)NNC(=S)NN)CC(=O)O. The second kappa shape index (κ2) is 19.9. The van der Waals surface area contributed by atoms with Crippen molar-refractivity contribution in [1.29, 1.82) is 0 Å². The predicted octanol–water partition coefficient (Wildman–Crippen LogP) is -5.76. The lowest BCUT2D eigenvalue weighted by molar-refractivity contribution is -0.141. The Balaban J connectivity index is 0. The van der Waals surface area contributed by atoms with Crippen LogP contribution in [0.25, 0.3) is 0 Å². The zero-order valence-corrected chi connectivity index (χ0v) is 25.8. The Morgan fingerprint density at radius 2 is 1.31 bits per heavy atom. The number of nitrogens with zero attached hydrogens (tertiary/aromatic N) is 2. The molecule has 0 aliphatic carbocycles. The van der Waals surface area contributed by atoms with Crippen molar-refractivity contribution in [3.63, 3.8) is 0 Å². The Morgan fingerprint density at radius 3 is 1.62 bits per heavy atom. The second-order valence-electron chi connectivity index (χ2n) is 8.28. The fraction of sp³-hybridized carbons (Fsp3) is 0.647. The third-order valence-electron chi connectivity index (χ3n) is 4.75. The van der Waals surface area contributed by atoms with E-state index in [1.54, 1.807) is 0 Å². The Hall–Kier alpha value is -2.24. The number of nitrogens with one attached hydrogen (secondary N) is 4. The number of carboxylic acids is 2. The Kier molecular flexibility index (Phi) is 19.8. The molecule has 0 aromatic rings. The fourth-order valence-electron chi connectivity index (χ4n) is 2.56. The van der Waals surface area contributed by atoms with Gasteiger partial charge in [-0.3, -0.25) is 54.4 Å². The van der Waals surface area contributed by atoms with E-state index in [-0.39, 0.29) is 44.4 Å². The van der Waals surface area contributed by atoms with Crippen molar-refractivity contribution < 1.29 is 58.3 Å². The number of amides is 2. The van der Waals surface area contributed by atoms with Gasteiger partial charge in [0.1, 0.15) is 0 Å². The molecule has 0 aromatic heterocycles. The molecule has 21 nitrogen and oxygen atoms in total. The summed E-state index contributed by atoms with van der Waals surface area (Å²) >= 11 is 9.58. The monoisotopic (exact) mass is 685 g/mol. The molecule has 0 radical (unpaired) electrons. The van der Waals surface area contributed by atoms with E-state index < -0.39 is 63.4 Å². The van der Waals surface area contributed by atoms with E-state index in [9.17, 15) is 28.3 Å². The molecule has 16 N–H and O–H groups in total. The maximum Gasteiger partial charge on any atom is 0.368 e. The van der Waals surface area contributed by atoms with Gasteiger partial charge >= 0.3 is 19.5 Å². The summed E-state index contributed by atoms with van der Waals surface area (Å²) in [4.78, 5) is 74.8. The van der Waals surface area contributed by atoms with Gasteiger partial charge in [0.25, 0.3) is 11.0 Å². The molecule has 0 spiro atoms. The number of rotatable bonds is 17. The average molecular weight is 686 g/mol. The van der Waals surface area contributed by atoms with Crippen molar-refractivity contribution in [3.8, 4) is 0 Å². The fourth-order valence-corrected chi connectivity index (χ4v) is 5.19. The maximum atomic E-state index is 12.0. The van der Waals surface area contributed by atoms with E-state index in [0.29, 0.717) is 11.5 Å². The summed E-state index contributed by atoms with van der Waals surface area (Å²) in [5.41, 5.74) is 16.8. The van der Waals surface area contributed by atoms with E-state index in [0.717, 1.165) is 0 Å². The lowest BCUT2D eigenvalue weighted by Gasteiger charge is -2.29. The first-order chi connectivity index (χ1) is 19.1. The highest BCUT2D eigenvalue weighted by molar-refractivity contribution is 7.80. The highest BCUT2D eigenvalue weighted by Gasteiger charge is 2.55. The van der Waals surface area contributed by atoms with Crippen LogP contribution >= 0.6 is 39.4 Å². The molecule has 0 bridgehead atoms. The molecule has 0 saturated heterocycles. The highest BCUT2D eigenvalue weighted by atomic mass is 32.1. The number of thiocarbonyl (C=S) groups is 2. The lowest BCUT2D eigenvalue weighted by Crippen LogP contribution is -2.52. The summed E-state index contributed by atoms with van der Waals surface area (Å²) in [6.07, 6.45) is 0. The van der Waals surface area contributed by atoms with Crippen molar-refractivity contribution in [2.24, 2.45) is 17.3 Å². The summed E-state index contributed by atoms with van der Waals surface area (Å²) in [5.74, 6) is 1.60. The second-order valence-corrected chi connectivity index (χ2v) is 13.9. The standard InChI is InChI=1S/C14H26N8O6S2.C3H11NO6P2/c15-3-9(29)4-17-10(23)5-21(7-12(25)26)1-2-22(8-13(27)28)6-11(24)19-20-14(30)18-16;1-11(6,7)3(5,2-4)12(8,9)10/h1-8,15-16H2,(H,17,23)(H,19,24)(H,25,26)(H,27,28)(H2,18,20,30);5H,2,4H2,1H3,(H,6,7)(H2,8,9,10). The van der Waals surface area contributed by atoms with Crippen molar-refractivity contribution in [1.82, 2.24) is 31.4 Å². The van der Waals surface area contributed by atoms with Crippen LogP contribution in [-0.4, -0.2) is 144 Å². The van der Waals surface area contributed by atoms with E-state index in [4.69, 9.17) is 59.5 Å². The van der Waals surface area contributed by atoms with Crippen LogP contribution < -0.4 is 38.9 Å². The number of carboxylic acid groups (broad SMARTS) is 2. The van der Waals surface area contributed by atoms with Crippen LogP contribution in [0.2, 0.25) is 0 Å². The van der Waals surface area contributed by atoms with Gasteiger partial charge in [-0.2, -0.15) is 0 Å². The molecule has 244 valence electrons. The van der Waals surface area contributed by atoms with Gasteiger partial charge in [0, 0.05) is 37.7 Å². The summed E-state index contributed by atoms with van der Waals surface area (Å²) in [5, 5.41) is 26.6. The first-order valence-corrected chi connectivity index (χ1v) is 15.9. The van der Waals surface area contributed by atoms with Crippen LogP contribution in [0.3, 0.4) is 0 Å². The van der Waals surface area contributed by atoms with E-state index in [2.05, 4.69) is 33.8 Å². The van der Waals surface area contributed by atoms with Gasteiger partial charge in [0.2, 0.25) is 13.3 Å². The maximum absolute atomic E-state index is 12.0. The quantitative estimate of drug-likeness (QED) is 0.0293. The number of nitrogens with two attached hydrogens (primary N) is 3. The third kappa shape index (κ3) is 17.7. The van der Waals surface area contributed by atoms with E-state index in [1.807, 2.05) is 0 Å². The molecule has 2 atom stereocenters. The minimum Gasteiger partial charge on any atom is -0.480 e. The van der Waals surface area contributed by atoms with E-state index >= 15 is 0 Å². The topological polar surface area (TPSA) is 356 Å². The number of hydrogen-bond acceptors (Lipinski definition) is 14. The van der Waals surface area contributed by atoms with Crippen LogP contribution in [0.4, 0.5) is 0 Å². The van der Waals surface area contributed by atoms with Crippen LogP contribution in [0.1, 0.15) is 0 Å². The molecule has 0 aliphatic rings. The summed E-state index contributed by atoms with van der Waals surface area (Å²) in [7, 11) is -9.43. The van der Waals surface area contributed by atoms with Crippen LogP contribution in [0.15, 0.2) is 0 Å². The molecule has 42 heavy (non-hydrogen) atoms. The molecule has 2 unspecified atom stereocenters. The molecule has 0 fully saturated rings. The minimum atomic E-state index is -5.09. The Bertz CT molecular complexity index is 982. The van der Waals surface area contributed by atoms with Crippen molar-refractivity contribution >= 4 is 73.1 Å². The van der Waals surface area contributed by atoms with Gasteiger partial charge in [0.15, 0.2) is 5.11 Å². The molecule has 2 amide bonds. The summed E-state index contributed by atoms with van der Waals surface area (Å²) in [6, 6.07) is 0. The minimum absolute atomic E-state index is 0.00107. The summed E-state index contributed by atoms with van der Waals surface area (Å²) < 4.78 is 21.4. The largest absolute Gasteiger partial charge is 0.480 e. The number of hydrazine groups is 2. The van der Waals surface area contributed by atoms with Crippen LogP contribution in [0.5, 0.6) is 0 Å². The average Bonchev–Trinajstić information content (AvgIpc) is 2.86. The molecular weight excluding hydrogens is 648 g/mol. The zero-order chi connectivity index (χ0) is 33.3. The van der Waals surface area contributed by atoms with E-state index in [1.165, 1.54) is 9.80 Å². The van der Waals surface area contributed by atoms with Crippen LogP contribution in [-0.2, 0) is 28.3 Å². The first-order valence-electron chi connectivity index (χ1n) is 11.3. The smallest absolute Gasteiger partial charge is 0.368 e. The molecule has 0 aromatic carbocycles. The number of hydrogen-bond donors (Lipinski definition) is 13. The van der Waals surface area contributed by atoms with Gasteiger partial charge in [-0.25, -0.2) is 5.84 Å². The van der Waals surface area contributed by atoms with Crippen molar-refractivity contribution in [2.45, 2.75) is 5.08 Å². The normalized spacial score (nSPS) is 14.0. The molecule has 0 saturated carbocycles. The highest BCUT2D eigenvalue weighted by Crippen LogP contribution is 2.66. The number of carbonyl (C=O) groups excluding carboxylic acids is 2. The lowest BCUT2D eigenvalue weighted by atomic mass is 10.3. The van der Waals surface area contributed by atoms with Crippen LogP contribution in [0, 0.1) is 0 Å². The Morgan fingerprint density at radius 1 is 0.857 bits per heavy atom. The number of aliphatic carboxylic acids is 2. The first kappa shape index (κ1) is 41.9. The molecule has 25 heteroatoms. The molecular formula is C17H37N9O12P2S2. The molecule has 0 aliphatic heterocycles. The third-order valence-corrected chi connectivity index (χ3v) is 9.80. The Labute approximate surface area is 250 Å². The summed E-state index contributed by atoms with van der Waals surface area (Å²) in [6.45, 7) is -1.63. The van der Waals surface area contributed by atoms with Gasteiger partial charge in [-0.05, 0) is 12.2 Å². The zero-order valence-electron chi connectivity index (χ0n) is 22.3. The van der Waals surface area contributed by atoms with Crippen molar-refractivity contribution in [3.05, 3.63) is 0 Å². The predicted molar refractivity (Wildman–Crippen MR) is 156 cm³/mol.